The van der Waals surface area contributed by atoms with Crippen LogP contribution in [0.3, 0.4) is 0 Å². The molecule has 1 saturated carbocycles. The summed E-state index contributed by atoms with van der Waals surface area (Å²) in [6.07, 6.45) is 5.61. The predicted octanol–water partition coefficient (Wildman–Crippen LogP) is 1.74. The van der Waals surface area contributed by atoms with Crippen molar-refractivity contribution in [3.05, 3.63) is 0 Å². The zero-order valence-electron chi connectivity index (χ0n) is 9.00. The van der Waals surface area contributed by atoms with Crippen LogP contribution in [0.15, 0.2) is 0 Å². The maximum absolute atomic E-state index is 8.79. The summed E-state index contributed by atoms with van der Waals surface area (Å²) >= 11 is 0. The Hall–Kier alpha value is -0.0800. The Bertz CT molecular complexity index is 138. The highest BCUT2D eigenvalue weighted by Gasteiger charge is 2.21. The predicted molar refractivity (Wildman–Crippen MR) is 55.7 cm³/mol. The Kier molecular flexibility index (Phi) is 4.74. The molecule has 1 rings (SSSR count). The molecule has 2 atom stereocenters. The molecule has 13 heavy (non-hydrogen) atoms. The normalized spacial score (nSPS) is 29.5. The van der Waals surface area contributed by atoms with Gasteiger partial charge in [0, 0.05) is 13.1 Å². The van der Waals surface area contributed by atoms with Crippen molar-refractivity contribution in [3.63, 3.8) is 0 Å². The topological polar surface area (TPSA) is 23.5 Å². The summed E-state index contributed by atoms with van der Waals surface area (Å²) in [7, 11) is 2.11. The van der Waals surface area contributed by atoms with Gasteiger partial charge in [-0.15, -0.1) is 0 Å². The maximum Gasteiger partial charge on any atom is 0.0558 e. The van der Waals surface area contributed by atoms with Crippen LogP contribution in [0.1, 0.15) is 32.6 Å². The molecule has 1 aliphatic rings. The second kappa shape index (κ2) is 5.61. The van der Waals surface area contributed by atoms with Gasteiger partial charge >= 0.3 is 0 Å². The van der Waals surface area contributed by atoms with Crippen molar-refractivity contribution in [2.45, 2.75) is 32.6 Å². The van der Waals surface area contributed by atoms with Gasteiger partial charge in [-0.3, -0.25) is 0 Å². The van der Waals surface area contributed by atoms with Crippen molar-refractivity contribution in [2.75, 3.05) is 26.7 Å². The SMILES string of the molecule is CC1CCCCC1CN(C)CCO. The minimum Gasteiger partial charge on any atom is -0.395 e. The number of rotatable bonds is 4. The summed E-state index contributed by atoms with van der Waals surface area (Å²) in [5.41, 5.74) is 0. The minimum absolute atomic E-state index is 0.289. The highest BCUT2D eigenvalue weighted by Crippen LogP contribution is 2.29. The Morgan fingerprint density at radius 1 is 1.31 bits per heavy atom. The Morgan fingerprint density at radius 2 is 2.00 bits per heavy atom. The molecule has 2 heteroatoms. The van der Waals surface area contributed by atoms with Crippen LogP contribution < -0.4 is 0 Å². The third kappa shape index (κ3) is 3.65. The van der Waals surface area contributed by atoms with Crippen LogP contribution in [0.4, 0.5) is 0 Å². The lowest BCUT2D eigenvalue weighted by Gasteiger charge is -2.31. The van der Waals surface area contributed by atoms with Crippen LogP contribution in [0.2, 0.25) is 0 Å². The third-order valence-corrected chi connectivity index (χ3v) is 3.32. The summed E-state index contributed by atoms with van der Waals surface area (Å²) < 4.78 is 0. The zero-order valence-corrected chi connectivity index (χ0v) is 9.00. The highest BCUT2D eigenvalue weighted by molar-refractivity contribution is 4.74. The molecular formula is C11H23NO. The van der Waals surface area contributed by atoms with Crippen molar-refractivity contribution >= 4 is 0 Å². The van der Waals surface area contributed by atoms with Gasteiger partial charge in [-0.1, -0.05) is 26.2 Å². The zero-order chi connectivity index (χ0) is 9.68. The quantitative estimate of drug-likeness (QED) is 0.721. The van der Waals surface area contributed by atoms with Crippen molar-refractivity contribution in [2.24, 2.45) is 11.8 Å². The molecule has 0 aromatic rings. The van der Waals surface area contributed by atoms with Crippen molar-refractivity contribution in [3.8, 4) is 0 Å². The summed E-state index contributed by atoms with van der Waals surface area (Å²) in [4.78, 5) is 2.26. The Labute approximate surface area is 81.9 Å². The Balaban J connectivity index is 2.25. The van der Waals surface area contributed by atoms with E-state index in [-0.39, 0.29) is 6.61 Å². The second-order valence-corrected chi connectivity index (χ2v) is 4.51. The lowest BCUT2D eigenvalue weighted by atomic mass is 9.80. The first-order valence-corrected chi connectivity index (χ1v) is 5.53. The van der Waals surface area contributed by atoms with Crippen LogP contribution in [-0.4, -0.2) is 36.8 Å². The lowest BCUT2D eigenvalue weighted by molar-refractivity contribution is 0.156. The standard InChI is InChI=1S/C11H23NO/c1-10-5-3-4-6-11(10)9-12(2)7-8-13/h10-11,13H,3-9H2,1-2H3. The number of aliphatic hydroxyl groups excluding tert-OH is 1. The van der Waals surface area contributed by atoms with E-state index in [0.29, 0.717) is 0 Å². The fraction of sp³-hybridized carbons (Fsp3) is 1.00. The molecule has 78 valence electrons. The summed E-state index contributed by atoms with van der Waals surface area (Å²) in [5.74, 6) is 1.75. The van der Waals surface area contributed by atoms with Crippen LogP contribution in [-0.2, 0) is 0 Å². The summed E-state index contributed by atoms with van der Waals surface area (Å²) in [6, 6.07) is 0. The van der Waals surface area contributed by atoms with Gasteiger partial charge in [0.15, 0.2) is 0 Å². The molecule has 0 amide bonds. The van der Waals surface area contributed by atoms with Gasteiger partial charge in [0.25, 0.3) is 0 Å². The van der Waals surface area contributed by atoms with Gasteiger partial charge in [0.05, 0.1) is 6.61 Å². The average molecular weight is 185 g/mol. The average Bonchev–Trinajstić information content (AvgIpc) is 2.09. The van der Waals surface area contributed by atoms with Crippen molar-refractivity contribution < 1.29 is 5.11 Å². The van der Waals surface area contributed by atoms with Gasteiger partial charge in [-0.05, 0) is 25.3 Å². The van der Waals surface area contributed by atoms with Crippen LogP contribution in [0, 0.1) is 11.8 Å². The molecule has 0 saturated heterocycles. The van der Waals surface area contributed by atoms with Crippen LogP contribution in [0.5, 0.6) is 0 Å². The van der Waals surface area contributed by atoms with E-state index in [4.69, 9.17) is 5.11 Å². The third-order valence-electron chi connectivity index (χ3n) is 3.32. The monoisotopic (exact) mass is 185 g/mol. The van der Waals surface area contributed by atoms with Crippen molar-refractivity contribution in [1.82, 2.24) is 4.90 Å². The first-order valence-electron chi connectivity index (χ1n) is 5.53. The smallest absolute Gasteiger partial charge is 0.0558 e. The molecule has 2 unspecified atom stereocenters. The molecule has 0 aliphatic heterocycles. The molecule has 2 nitrogen and oxygen atoms in total. The van der Waals surface area contributed by atoms with E-state index in [2.05, 4.69) is 18.9 Å². The molecule has 0 bridgehead atoms. The van der Waals surface area contributed by atoms with Gasteiger partial charge in [0.1, 0.15) is 0 Å². The second-order valence-electron chi connectivity index (χ2n) is 4.51. The fourth-order valence-electron chi connectivity index (χ4n) is 2.33. The van der Waals surface area contributed by atoms with Crippen LogP contribution >= 0.6 is 0 Å². The van der Waals surface area contributed by atoms with Gasteiger partial charge in [0.2, 0.25) is 0 Å². The van der Waals surface area contributed by atoms with Gasteiger partial charge < -0.3 is 10.0 Å². The number of hydrogen-bond acceptors (Lipinski definition) is 2. The van der Waals surface area contributed by atoms with Crippen molar-refractivity contribution in [1.29, 1.82) is 0 Å². The molecule has 1 fully saturated rings. The summed E-state index contributed by atoms with van der Waals surface area (Å²) in [6.45, 7) is 4.65. The number of hydrogen-bond donors (Lipinski definition) is 1. The first-order chi connectivity index (χ1) is 6.24. The van der Waals surface area contributed by atoms with E-state index in [1.54, 1.807) is 0 Å². The molecule has 0 spiro atoms. The summed E-state index contributed by atoms with van der Waals surface area (Å²) in [5, 5.41) is 8.79. The lowest BCUT2D eigenvalue weighted by Crippen LogP contribution is -2.32. The molecular weight excluding hydrogens is 162 g/mol. The Morgan fingerprint density at radius 3 is 2.62 bits per heavy atom. The van der Waals surface area contributed by atoms with E-state index in [0.717, 1.165) is 18.4 Å². The van der Waals surface area contributed by atoms with E-state index in [1.807, 2.05) is 0 Å². The molecule has 0 aromatic carbocycles. The number of aliphatic hydroxyl groups is 1. The molecule has 0 radical (unpaired) electrons. The molecule has 0 heterocycles. The van der Waals surface area contributed by atoms with E-state index < -0.39 is 0 Å². The number of nitrogens with zero attached hydrogens (tertiary/aromatic N) is 1. The molecule has 0 aromatic heterocycles. The maximum atomic E-state index is 8.79. The first kappa shape index (κ1) is 11.0. The molecule has 1 aliphatic carbocycles. The highest BCUT2D eigenvalue weighted by atomic mass is 16.3. The van der Waals surface area contributed by atoms with Crippen LogP contribution in [0.25, 0.3) is 0 Å². The van der Waals surface area contributed by atoms with E-state index >= 15 is 0 Å². The van der Waals surface area contributed by atoms with E-state index in [9.17, 15) is 0 Å². The minimum atomic E-state index is 0.289. The van der Waals surface area contributed by atoms with Gasteiger partial charge in [-0.25, -0.2) is 0 Å². The largest absolute Gasteiger partial charge is 0.395 e. The number of likely N-dealkylation sites (N-methyl/N-ethyl adjacent to an activating group) is 1. The molecule has 1 N–H and O–H groups in total. The van der Waals surface area contributed by atoms with Gasteiger partial charge in [-0.2, -0.15) is 0 Å². The fourth-order valence-corrected chi connectivity index (χ4v) is 2.33. The van der Waals surface area contributed by atoms with E-state index in [1.165, 1.54) is 32.2 Å².